The van der Waals surface area contributed by atoms with Crippen molar-refractivity contribution >= 4 is 28.5 Å². The second kappa shape index (κ2) is 6.03. The first-order valence-electron chi connectivity index (χ1n) is 8.70. The van der Waals surface area contributed by atoms with Gasteiger partial charge in [-0.05, 0) is 90.5 Å². The minimum Gasteiger partial charge on any atom is -0.376 e. The van der Waals surface area contributed by atoms with Gasteiger partial charge < -0.3 is 10.1 Å². The molecule has 4 bridgehead atoms. The smallest absolute Gasteiger partial charge is 0.252 e. The summed E-state index contributed by atoms with van der Waals surface area (Å²) in [4.78, 5) is 12.6. The first-order chi connectivity index (χ1) is 11.1. The first kappa shape index (κ1) is 15.9. The monoisotopic (exact) mass is 425 g/mol. The molecule has 5 rings (SSSR count). The van der Waals surface area contributed by atoms with E-state index < -0.39 is 0 Å². The highest BCUT2D eigenvalue weighted by molar-refractivity contribution is 14.1. The Hall–Kier alpha value is -0.620. The van der Waals surface area contributed by atoms with E-state index in [2.05, 4.69) is 27.9 Å². The van der Waals surface area contributed by atoms with Crippen LogP contribution in [0.25, 0.3) is 0 Å². The summed E-state index contributed by atoms with van der Waals surface area (Å²) in [5, 5.41) is 3.19. The lowest BCUT2D eigenvalue weighted by Crippen LogP contribution is -2.63. The Bertz CT molecular complexity index is 587. The molecule has 3 nitrogen and oxygen atoms in total. The number of hydrogen-bond donors (Lipinski definition) is 1. The van der Waals surface area contributed by atoms with E-state index in [0.717, 1.165) is 21.0 Å². The van der Waals surface area contributed by atoms with E-state index in [9.17, 15) is 4.79 Å². The van der Waals surface area contributed by atoms with Gasteiger partial charge in [-0.1, -0.05) is 12.1 Å². The van der Waals surface area contributed by atoms with Crippen LogP contribution >= 0.6 is 22.6 Å². The lowest BCUT2D eigenvalue weighted by molar-refractivity contribution is -0.186. The number of benzene rings is 1. The Morgan fingerprint density at radius 3 is 2.35 bits per heavy atom. The number of ether oxygens (including phenoxy) is 1. The molecule has 124 valence electrons. The third-order valence-electron chi connectivity index (χ3n) is 6.54. The molecule has 0 saturated heterocycles. The number of nitrogens with one attached hydrogen (secondary N) is 1. The van der Waals surface area contributed by atoms with Crippen molar-refractivity contribution in [2.45, 2.75) is 37.7 Å². The molecule has 0 aliphatic heterocycles. The number of carbonyl (C=O) groups excluding carboxylic acids is 1. The second-order valence-electron chi connectivity index (χ2n) is 7.63. The van der Waals surface area contributed by atoms with Crippen LogP contribution < -0.4 is 5.32 Å². The van der Waals surface area contributed by atoms with E-state index in [4.69, 9.17) is 4.74 Å². The Morgan fingerprint density at radius 1 is 1.17 bits per heavy atom. The van der Waals surface area contributed by atoms with Crippen molar-refractivity contribution in [2.75, 3.05) is 13.7 Å². The molecule has 4 saturated carbocycles. The van der Waals surface area contributed by atoms with Crippen molar-refractivity contribution in [3.63, 3.8) is 0 Å². The quantitative estimate of drug-likeness (QED) is 0.745. The second-order valence-corrected chi connectivity index (χ2v) is 8.79. The fourth-order valence-electron chi connectivity index (χ4n) is 5.64. The number of hydrogen-bond acceptors (Lipinski definition) is 2. The standard InChI is InChI=1S/C19H24INO2/c1-23-19(11-21-18(22)16-4-2-3-5-17(16)20)14-7-12-6-13(9-14)10-15(19)8-12/h2-5,12-15H,6-11H2,1H3,(H,21,22). The van der Waals surface area contributed by atoms with Gasteiger partial charge in [0.2, 0.25) is 0 Å². The van der Waals surface area contributed by atoms with Crippen molar-refractivity contribution in [3.05, 3.63) is 33.4 Å². The van der Waals surface area contributed by atoms with Crippen molar-refractivity contribution in [3.8, 4) is 0 Å². The van der Waals surface area contributed by atoms with E-state index >= 15 is 0 Å². The van der Waals surface area contributed by atoms with Crippen LogP contribution in [-0.4, -0.2) is 25.2 Å². The lowest BCUT2D eigenvalue weighted by atomic mass is 9.49. The van der Waals surface area contributed by atoms with Crippen molar-refractivity contribution < 1.29 is 9.53 Å². The van der Waals surface area contributed by atoms with Gasteiger partial charge in [-0.2, -0.15) is 0 Å². The molecule has 4 aliphatic carbocycles. The summed E-state index contributed by atoms with van der Waals surface area (Å²) in [6.45, 7) is 0.655. The van der Waals surface area contributed by atoms with Gasteiger partial charge in [0.25, 0.3) is 5.91 Å². The van der Waals surface area contributed by atoms with Gasteiger partial charge in [0, 0.05) is 17.2 Å². The number of carbonyl (C=O) groups is 1. The van der Waals surface area contributed by atoms with Gasteiger partial charge in [0.05, 0.1) is 11.2 Å². The zero-order valence-corrected chi connectivity index (χ0v) is 15.7. The molecule has 0 spiro atoms. The highest BCUT2D eigenvalue weighted by Gasteiger charge is 2.57. The lowest BCUT2D eigenvalue weighted by Gasteiger charge is -2.60. The molecular formula is C19H24INO2. The maximum absolute atomic E-state index is 12.6. The van der Waals surface area contributed by atoms with Crippen LogP contribution in [-0.2, 0) is 4.74 Å². The van der Waals surface area contributed by atoms with Crippen LogP contribution in [0.4, 0.5) is 0 Å². The minimum atomic E-state index is -0.136. The maximum Gasteiger partial charge on any atom is 0.252 e. The highest BCUT2D eigenvalue weighted by atomic mass is 127. The molecule has 0 unspecified atom stereocenters. The highest BCUT2D eigenvalue weighted by Crippen LogP contribution is 2.59. The molecule has 0 atom stereocenters. The largest absolute Gasteiger partial charge is 0.376 e. The van der Waals surface area contributed by atoms with Crippen LogP contribution in [0.5, 0.6) is 0 Å². The first-order valence-corrected chi connectivity index (χ1v) is 9.78. The van der Waals surface area contributed by atoms with Crippen LogP contribution in [0, 0.1) is 27.2 Å². The van der Waals surface area contributed by atoms with E-state index in [1.54, 1.807) is 0 Å². The third kappa shape index (κ3) is 2.62. The normalized spacial score (nSPS) is 37.8. The van der Waals surface area contributed by atoms with Gasteiger partial charge in [-0.15, -0.1) is 0 Å². The van der Waals surface area contributed by atoms with Crippen molar-refractivity contribution in [2.24, 2.45) is 23.7 Å². The van der Waals surface area contributed by atoms with Crippen molar-refractivity contribution in [1.82, 2.24) is 5.32 Å². The van der Waals surface area contributed by atoms with E-state index in [1.165, 1.54) is 32.1 Å². The summed E-state index contributed by atoms with van der Waals surface area (Å²) in [6.07, 6.45) is 6.60. The van der Waals surface area contributed by atoms with E-state index in [1.807, 2.05) is 31.4 Å². The zero-order valence-electron chi connectivity index (χ0n) is 13.6. The molecule has 1 aromatic rings. The molecule has 4 fully saturated rings. The fraction of sp³-hybridized carbons (Fsp3) is 0.632. The SMILES string of the molecule is COC1(CNC(=O)c2ccccc2I)C2CC3CC(C2)CC1C3. The van der Waals surface area contributed by atoms with Crippen LogP contribution in [0.3, 0.4) is 0 Å². The molecule has 0 radical (unpaired) electrons. The molecule has 1 amide bonds. The molecular weight excluding hydrogens is 401 g/mol. The fourth-order valence-corrected chi connectivity index (χ4v) is 6.27. The van der Waals surface area contributed by atoms with Crippen LogP contribution in [0.2, 0.25) is 0 Å². The zero-order chi connectivity index (χ0) is 16.0. The molecule has 23 heavy (non-hydrogen) atoms. The summed E-state index contributed by atoms with van der Waals surface area (Å²) in [5.74, 6) is 3.09. The Labute approximate surface area is 151 Å². The Balaban J connectivity index is 1.51. The summed E-state index contributed by atoms with van der Waals surface area (Å²) < 4.78 is 7.11. The summed E-state index contributed by atoms with van der Waals surface area (Å²) >= 11 is 2.23. The summed E-state index contributed by atoms with van der Waals surface area (Å²) in [6, 6.07) is 7.76. The number of rotatable bonds is 4. The van der Waals surface area contributed by atoms with Crippen molar-refractivity contribution in [1.29, 1.82) is 0 Å². The topological polar surface area (TPSA) is 38.3 Å². The summed E-state index contributed by atoms with van der Waals surface area (Å²) in [5.41, 5.74) is 0.631. The van der Waals surface area contributed by atoms with Gasteiger partial charge >= 0.3 is 0 Å². The Morgan fingerprint density at radius 2 is 1.78 bits per heavy atom. The van der Waals surface area contributed by atoms with Gasteiger partial charge in [0.15, 0.2) is 0 Å². The third-order valence-corrected chi connectivity index (χ3v) is 7.48. The molecule has 1 N–H and O–H groups in total. The van der Waals surface area contributed by atoms with Gasteiger partial charge in [-0.3, -0.25) is 4.79 Å². The maximum atomic E-state index is 12.6. The number of halogens is 1. The van der Waals surface area contributed by atoms with Crippen LogP contribution in [0.15, 0.2) is 24.3 Å². The number of amides is 1. The Kier molecular flexibility index (Phi) is 4.16. The molecule has 0 aromatic heterocycles. The van der Waals surface area contributed by atoms with E-state index in [-0.39, 0.29) is 11.5 Å². The van der Waals surface area contributed by atoms with Gasteiger partial charge in [-0.25, -0.2) is 0 Å². The summed E-state index contributed by atoms with van der Waals surface area (Å²) in [7, 11) is 1.85. The minimum absolute atomic E-state index is 0.0280. The molecule has 4 heteroatoms. The van der Waals surface area contributed by atoms with Crippen LogP contribution in [0.1, 0.15) is 42.5 Å². The number of methoxy groups -OCH3 is 1. The van der Waals surface area contributed by atoms with E-state index in [0.29, 0.717) is 18.4 Å². The van der Waals surface area contributed by atoms with Gasteiger partial charge in [0.1, 0.15) is 0 Å². The average molecular weight is 425 g/mol. The average Bonchev–Trinajstić information content (AvgIpc) is 2.54. The molecule has 1 aromatic carbocycles. The molecule has 4 aliphatic rings. The molecule has 0 heterocycles. The predicted molar refractivity (Wildman–Crippen MR) is 98.3 cm³/mol. The predicted octanol–water partition coefficient (Wildman–Crippen LogP) is 3.86.